The summed E-state index contributed by atoms with van der Waals surface area (Å²) in [6.07, 6.45) is -0.215. The van der Waals surface area contributed by atoms with Crippen LogP contribution >= 0.6 is 0 Å². The normalized spacial score (nSPS) is 11.6. The summed E-state index contributed by atoms with van der Waals surface area (Å²) < 4.78 is 32.3. The predicted octanol–water partition coefficient (Wildman–Crippen LogP) is 3.81. The molecule has 0 amide bonds. The Kier molecular flexibility index (Phi) is 3.32. The molecular formula is C12H16F2O. The zero-order chi connectivity index (χ0) is 11.6. The lowest BCUT2D eigenvalue weighted by atomic mass is 9.97. The Hall–Kier alpha value is -1.12. The molecule has 0 aliphatic carbocycles. The van der Waals surface area contributed by atoms with Crippen molar-refractivity contribution in [2.75, 3.05) is 7.11 Å². The van der Waals surface area contributed by atoms with E-state index in [2.05, 4.69) is 0 Å². The van der Waals surface area contributed by atoms with Crippen LogP contribution in [0.2, 0.25) is 0 Å². The third-order valence-corrected chi connectivity index (χ3v) is 2.47. The highest BCUT2D eigenvalue weighted by atomic mass is 19.3. The van der Waals surface area contributed by atoms with Gasteiger partial charge >= 0.3 is 0 Å². The van der Waals surface area contributed by atoms with Crippen LogP contribution in [0.5, 0.6) is 5.75 Å². The van der Waals surface area contributed by atoms with Crippen molar-refractivity contribution >= 4 is 0 Å². The van der Waals surface area contributed by atoms with Crippen LogP contribution in [0, 0.1) is 13.8 Å². The van der Waals surface area contributed by atoms with E-state index in [9.17, 15) is 8.78 Å². The Morgan fingerprint density at radius 1 is 1.27 bits per heavy atom. The number of aryl methyl sites for hydroxylation is 2. The zero-order valence-corrected chi connectivity index (χ0v) is 9.53. The second-order valence-corrected chi connectivity index (χ2v) is 3.72. The van der Waals surface area contributed by atoms with E-state index in [-0.39, 0.29) is 17.7 Å². The van der Waals surface area contributed by atoms with E-state index in [1.165, 1.54) is 14.0 Å². The van der Waals surface area contributed by atoms with Gasteiger partial charge in [-0.2, -0.15) is 0 Å². The van der Waals surface area contributed by atoms with Crippen molar-refractivity contribution in [3.05, 3.63) is 28.8 Å². The van der Waals surface area contributed by atoms with Crippen LogP contribution in [0.15, 0.2) is 12.1 Å². The van der Waals surface area contributed by atoms with E-state index in [1.807, 2.05) is 6.92 Å². The van der Waals surface area contributed by atoms with Crippen LogP contribution in [0.3, 0.4) is 0 Å². The molecule has 1 aromatic rings. The lowest BCUT2D eigenvalue weighted by Gasteiger charge is -2.20. The second kappa shape index (κ2) is 4.17. The van der Waals surface area contributed by atoms with Crippen LogP contribution < -0.4 is 4.74 Å². The molecule has 1 nitrogen and oxygen atoms in total. The highest BCUT2D eigenvalue weighted by Crippen LogP contribution is 2.40. The van der Waals surface area contributed by atoms with Gasteiger partial charge in [0, 0.05) is 6.42 Å². The topological polar surface area (TPSA) is 9.23 Å². The maximum Gasteiger partial charge on any atom is 0.276 e. The van der Waals surface area contributed by atoms with Crippen LogP contribution in [0.25, 0.3) is 0 Å². The molecule has 0 bridgehead atoms. The number of methoxy groups -OCH3 is 1. The summed E-state index contributed by atoms with van der Waals surface area (Å²) in [4.78, 5) is 0. The number of halogens is 2. The van der Waals surface area contributed by atoms with E-state index >= 15 is 0 Å². The van der Waals surface area contributed by atoms with Crippen molar-refractivity contribution in [1.82, 2.24) is 0 Å². The van der Waals surface area contributed by atoms with Crippen molar-refractivity contribution in [3.63, 3.8) is 0 Å². The molecule has 1 rings (SSSR count). The molecule has 0 saturated heterocycles. The fourth-order valence-electron chi connectivity index (χ4n) is 1.74. The maximum atomic E-state index is 13.6. The van der Waals surface area contributed by atoms with Gasteiger partial charge in [0.05, 0.1) is 12.7 Å². The highest BCUT2D eigenvalue weighted by molar-refractivity contribution is 5.45. The first-order valence-electron chi connectivity index (χ1n) is 4.96. The molecule has 84 valence electrons. The maximum absolute atomic E-state index is 13.6. The van der Waals surface area contributed by atoms with Crippen LogP contribution in [-0.4, -0.2) is 7.11 Å². The highest BCUT2D eigenvalue weighted by Gasteiger charge is 2.34. The van der Waals surface area contributed by atoms with E-state index in [4.69, 9.17) is 4.74 Å². The minimum atomic E-state index is -2.82. The van der Waals surface area contributed by atoms with Gasteiger partial charge in [0.1, 0.15) is 5.75 Å². The van der Waals surface area contributed by atoms with Crippen molar-refractivity contribution in [1.29, 1.82) is 0 Å². The van der Waals surface area contributed by atoms with Gasteiger partial charge in [-0.3, -0.25) is 0 Å². The largest absolute Gasteiger partial charge is 0.496 e. The molecule has 0 unspecified atom stereocenters. The second-order valence-electron chi connectivity index (χ2n) is 3.72. The van der Waals surface area contributed by atoms with Gasteiger partial charge in [-0.1, -0.05) is 13.0 Å². The van der Waals surface area contributed by atoms with Gasteiger partial charge in [-0.25, -0.2) is 8.78 Å². The molecule has 0 aliphatic heterocycles. The Labute approximate surface area is 89.1 Å². The Bertz CT molecular complexity index is 359. The number of ether oxygens (including phenoxy) is 1. The van der Waals surface area contributed by atoms with Gasteiger partial charge in [0.15, 0.2) is 0 Å². The van der Waals surface area contributed by atoms with Gasteiger partial charge < -0.3 is 4.74 Å². The smallest absolute Gasteiger partial charge is 0.276 e. The number of benzene rings is 1. The number of rotatable bonds is 3. The van der Waals surface area contributed by atoms with Gasteiger partial charge in [0.25, 0.3) is 5.92 Å². The first-order chi connectivity index (χ1) is 6.92. The van der Waals surface area contributed by atoms with E-state index in [0.717, 1.165) is 5.56 Å². The number of hydrogen-bond acceptors (Lipinski definition) is 1. The summed E-state index contributed by atoms with van der Waals surface area (Å²) in [6.45, 7) is 5.02. The molecule has 0 radical (unpaired) electrons. The minimum Gasteiger partial charge on any atom is -0.496 e. The molecule has 0 N–H and O–H groups in total. The SMILES string of the molecule is CCC(F)(F)c1c(C)cc(C)cc1OC. The Balaban J connectivity index is 3.39. The summed E-state index contributed by atoms with van der Waals surface area (Å²) in [5.41, 5.74) is 1.52. The van der Waals surface area contributed by atoms with Crippen LogP contribution in [0.4, 0.5) is 8.78 Å². The molecule has 0 atom stereocenters. The average molecular weight is 214 g/mol. The van der Waals surface area contributed by atoms with Crippen molar-refractivity contribution < 1.29 is 13.5 Å². The van der Waals surface area contributed by atoms with Gasteiger partial charge in [0.2, 0.25) is 0 Å². The van der Waals surface area contributed by atoms with E-state index in [0.29, 0.717) is 5.56 Å². The summed E-state index contributed by atoms with van der Waals surface area (Å²) in [6, 6.07) is 3.40. The first-order valence-corrected chi connectivity index (χ1v) is 4.96. The van der Waals surface area contributed by atoms with Crippen molar-refractivity contribution in [3.8, 4) is 5.75 Å². The average Bonchev–Trinajstić information content (AvgIpc) is 2.15. The molecule has 1 aromatic carbocycles. The Morgan fingerprint density at radius 2 is 1.87 bits per heavy atom. The molecule has 15 heavy (non-hydrogen) atoms. The lowest BCUT2D eigenvalue weighted by molar-refractivity contribution is -0.0110. The van der Waals surface area contributed by atoms with Crippen molar-refractivity contribution in [2.45, 2.75) is 33.1 Å². The summed E-state index contributed by atoms with van der Waals surface area (Å²) in [7, 11) is 1.42. The molecule has 0 fully saturated rings. The van der Waals surface area contributed by atoms with E-state index in [1.54, 1.807) is 19.1 Å². The van der Waals surface area contributed by atoms with E-state index < -0.39 is 5.92 Å². The molecule has 0 aromatic heterocycles. The summed E-state index contributed by atoms with van der Waals surface area (Å²) in [5.74, 6) is -2.54. The molecule has 0 aliphatic rings. The zero-order valence-electron chi connectivity index (χ0n) is 9.53. The number of hydrogen-bond donors (Lipinski definition) is 0. The molecular weight excluding hydrogens is 198 g/mol. The van der Waals surface area contributed by atoms with Crippen molar-refractivity contribution in [2.24, 2.45) is 0 Å². The lowest BCUT2D eigenvalue weighted by Crippen LogP contribution is -2.15. The van der Waals surface area contributed by atoms with Crippen LogP contribution in [0.1, 0.15) is 30.0 Å². The fraction of sp³-hybridized carbons (Fsp3) is 0.500. The standard InChI is InChI=1S/C12H16F2O/c1-5-12(13,14)11-9(3)6-8(2)7-10(11)15-4/h6-7H,5H2,1-4H3. The minimum absolute atomic E-state index is 0.0121. The monoisotopic (exact) mass is 214 g/mol. The number of alkyl halides is 2. The predicted molar refractivity (Wildman–Crippen MR) is 56.7 cm³/mol. The third-order valence-electron chi connectivity index (χ3n) is 2.47. The Morgan fingerprint density at radius 3 is 2.33 bits per heavy atom. The molecule has 0 spiro atoms. The summed E-state index contributed by atoms with van der Waals surface area (Å²) in [5, 5.41) is 0. The van der Waals surface area contributed by atoms with Gasteiger partial charge in [-0.05, 0) is 31.0 Å². The third kappa shape index (κ3) is 2.28. The molecule has 3 heteroatoms. The van der Waals surface area contributed by atoms with Crippen LogP contribution in [-0.2, 0) is 5.92 Å². The first kappa shape index (κ1) is 12.0. The molecule has 0 saturated carbocycles. The fourth-order valence-corrected chi connectivity index (χ4v) is 1.74. The molecule has 0 heterocycles. The van der Waals surface area contributed by atoms with Gasteiger partial charge in [-0.15, -0.1) is 0 Å². The summed E-state index contributed by atoms with van der Waals surface area (Å²) >= 11 is 0. The quantitative estimate of drug-likeness (QED) is 0.743.